The molecule has 1 amide bonds. The minimum absolute atomic E-state index is 0.132. The second-order valence-electron chi connectivity index (χ2n) is 8.31. The Hall–Kier alpha value is -2.96. The first-order valence-electron chi connectivity index (χ1n) is 11.5. The van der Waals surface area contributed by atoms with Crippen molar-refractivity contribution in [2.24, 2.45) is 0 Å². The molecule has 0 spiro atoms. The van der Waals surface area contributed by atoms with E-state index in [9.17, 15) is 4.79 Å². The van der Waals surface area contributed by atoms with Gasteiger partial charge in [-0.3, -0.25) is 9.20 Å². The molecule has 0 aliphatic rings. The number of carbonyl (C=O) groups is 1. The number of fused-ring (bicyclic) bond motifs is 1. The van der Waals surface area contributed by atoms with Crippen molar-refractivity contribution in [3.05, 3.63) is 83.0 Å². The van der Waals surface area contributed by atoms with Gasteiger partial charge in [0.2, 0.25) is 5.91 Å². The molecule has 5 nitrogen and oxygen atoms in total. The lowest BCUT2D eigenvalue weighted by Crippen LogP contribution is -2.39. The summed E-state index contributed by atoms with van der Waals surface area (Å²) in [5, 5.41) is 2.15. The van der Waals surface area contributed by atoms with Gasteiger partial charge in [0.15, 0.2) is 4.96 Å². The van der Waals surface area contributed by atoms with Gasteiger partial charge in [-0.05, 0) is 18.9 Å². The van der Waals surface area contributed by atoms with E-state index in [0.717, 1.165) is 34.6 Å². The molecule has 6 heteroatoms. The van der Waals surface area contributed by atoms with E-state index >= 15 is 0 Å². The summed E-state index contributed by atoms with van der Waals surface area (Å²) < 4.78 is 7.46. The number of benzene rings is 2. The third-order valence-electron chi connectivity index (χ3n) is 6.05. The average molecular weight is 462 g/mol. The Bertz CT molecular complexity index is 1180. The van der Waals surface area contributed by atoms with Crippen LogP contribution in [0.5, 0.6) is 0 Å². The summed E-state index contributed by atoms with van der Waals surface area (Å²) in [6.07, 6.45) is 3.65. The summed E-state index contributed by atoms with van der Waals surface area (Å²) in [5.41, 5.74) is 5.58. The molecule has 0 fully saturated rings. The first-order chi connectivity index (χ1) is 16.1. The molecular formula is C27H31N3O2S. The molecule has 0 aliphatic carbocycles. The Morgan fingerprint density at radius 2 is 1.88 bits per heavy atom. The maximum absolute atomic E-state index is 13.5. The summed E-state index contributed by atoms with van der Waals surface area (Å²) in [7, 11) is 1.68. The third-order valence-corrected chi connectivity index (χ3v) is 6.94. The van der Waals surface area contributed by atoms with Crippen LogP contribution < -0.4 is 0 Å². The normalized spacial score (nSPS) is 12.2. The van der Waals surface area contributed by atoms with Crippen LogP contribution in [-0.4, -0.2) is 47.0 Å². The third kappa shape index (κ3) is 5.34. The lowest BCUT2D eigenvalue weighted by atomic mass is 9.95. The summed E-state index contributed by atoms with van der Waals surface area (Å²) in [5.74, 6) is 0.0325. The van der Waals surface area contributed by atoms with Gasteiger partial charge in [0.25, 0.3) is 0 Å². The van der Waals surface area contributed by atoms with E-state index in [-0.39, 0.29) is 11.8 Å². The second kappa shape index (κ2) is 10.8. The zero-order chi connectivity index (χ0) is 23.2. The number of hydrogen-bond donors (Lipinski definition) is 0. The highest BCUT2D eigenvalue weighted by Gasteiger charge is 2.24. The number of hydrogen-bond acceptors (Lipinski definition) is 4. The molecular weight excluding hydrogens is 430 g/mol. The summed E-state index contributed by atoms with van der Waals surface area (Å²) in [6.45, 7) is 5.92. The summed E-state index contributed by atoms with van der Waals surface area (Å²) in [6, 6.07) is 18.5. The Labute approximate surface area is 199 Å². The number of methoxy groups -OCH3 is 1. The Morgan fingerprint density at radius 3 is 2.58 bits per heavy atom. The number of ether oxygens (including phenoxy) is 1. The predicted octanol–water partition coefficient (Wildman–Crippen LogP) is 5.58. The second-order valence-corrected chi connectivity index (χ2v) is 9.15. The highest BCUT2D eigenvalue weighted by Crippen LogP contribution is 2.25. The predicted molar refractivity (Wildman–Crippen MR) is 135 cm³/mol. The first-order valence-corrected chi connectivity index (χ1v) is 12.3. The SMILES string of the molecule is CCC(C(=O)N(CCOC)CCc1csc2nc(-c3ccc(C)cc3)cn12)c1ccccc1. The molecule has 0 bridgehead atoms. The van der Waals surface area contributed by atoms with E-state index in [1.54, 1.807) is 18.4 Å². The topological polar surface area (TPSA) is 46.8 Å². The van der Waals surface area contributed by atoms with E-state index in [4.69, 9.17) is 9.72 Å². The van der Waals surface area contributed by atoms with Crippen molar-refractivity contribution in [3.8, 4) is 11.3 Å². The van der Waals surface area contributed by atoms with Crippen molar-refractivity contribution >= 4 is 22.2 Å². The fourth-order valence-corrected chi connectivity index (χ4v) is 5.02. The molecule has 0 aliphatic heterocycles. The molecule has 0 radical (unpaired) electrons. The monoisotopic (exact) mass is 461 g/mol. The van der Waals surface area contributed by atoms with Gasteiger partial charge in [0, 0.05) is 49.5 Å². The number of thiazole rings is 1. The van der Waals surface area contributed by atoms with E-state index in [0.29, 0.717) is 19.7 Å². The Kier molecular flexibility index (Phi) is 7.57. The molecule has 2 aromatic carbocycles. The van der Waals surface area contributed by atoms with E-state index in [2.05, 4.69) is 54.1 Å². The van der Waals surface area contributed by atoms with Crippen LogP contribution in [0.25, 0.3) is 16.2 Å². The van der Waals surface area contributed by atoms with Gasteiger partial charge >= 0.3 is 0 Å². The van der Waals surface area contributed by atoms with E-state index < -0.39 is 0 Å². The van der Waals surface area contributed by atoms with Gasteiger partial charge in [-0.2, -0.15) is 0 Å². The van der Waals surface area contributed by atoms with Gasteiger partial charge in [0.05, 0.1) is 18.2 Å². The van der Waals surface area contributed by atoms with E-state index in [1.165, 1.54) is 11.3 Å². The highest BCUT2D eigenvalue weighted by molar-refractivity contribution is 7.15. The van der Waals surface area contributed by atoms with Crippen LogP contribution in [0.15, 0.2) is 66.2 Å². The van der Waals surface area contributed by atoms with Crippen LogP contribution >= 0.6 is 11.3 Å². The average Bonchev–Trinajstić information content (AvgIpc) is 3.42. The quantitative estimate of drug-likeness (QED) is 0.310. The van der Waals surface area contributed by atoms with Gasteiger partial charge in [-0.15, -0.1) is 11.3 Å². The van der Waals surface area contributed by atoms with Crippen LogP contribution in [0, 0.1) is 6.92 Å². The lowest BCUT2D eigenvalue weighted by molar-refractivity contribution is -0.133. The van der Waals surface area contributed by atoms with Crippen molar-refractivity contribution in [3.63, 3.8) is 0 Å². The zero-order valence-corrected chi connectivity index (χ0v) is 20.3. The number of nitrogens with zero attached hydrogens (tertiary/aromatic N) is 3. The number of aromatic nitrogens is 2. The van der Waals surface area contributed by atoms with Crippen molar-refractivity contribution in [1.82, 2.24) is 14.3 Å². The minimum atomic E-state index is -0.132. The van der Waals surface area contributed by atoms with Crippen LogP contribution in [0.2, 0.25) is 0 Å². The number of rotatable bonds is 10. The van der Waals surface area contributed by atoms with Crippen LogP contribution in [0.3, 0.4) is 0 Å². The molecule has 0 saturated carbocycles. The molecule has 2 aromatic heterocycles. The zero-order valence-electron chi connectivity index (χ0n) is 19.5. The van der Waals surface area contributed by atoms with Gasteiger partial charge in [0.1, 0.15) is 0 Å². The Balaban J connectivity index is 1.51. The lowest BCUT2D eigenvalue weighted by Gasteiger charge is -2.27. The summed E-state index contributed by atoms with van der Waals surface area (Å²) in [4.78, 5) is 21.2. The highest BCUT2D eigenvalue weighted by atomic mass is 32.1. The van der Waals surface area contributed by atoms with Gasteiger partial charge in [-0.1, -0.05) is 67.1 Å². The first kappa shape index (κ1) is 23.2. The fourth-order valence-electron chi connectivity index (χ4n) is 4.11. The van der Waals surface area contributed by atoms with Gasteiger partial charge in [-0.25, -0.2) is 4.98 Å². The maximum atomic E-state index is 13.5. The molecule has 0 saturated heterocycles. The van der Waals surface area contributed by atoms with Crippen molar-refractivity contribution < 1.29 is 9.53 Å². The minimum Gasteiger partial charge on any atom is -0.383 e. The smallest absolute Gasteiger partial charge is 0.230 e. The molecule has 0 N–H and O–H groups in total. The van der Waals surface area contributed by atoms with E-state index in [1.807, 2.05) is 35.2 Å². The number of carbonyl (C=O) groups excluding carboxylic acids is 1. The van der Waals surface area contributed by atoms with Crippen LogP contribution in [0.1, 0.15) is 36.1 Å². The molecule has 4 aromatic rings. The van der Waals surface area contributed by atoms with Crippen LogP contribution in [0.4, 0.5) is 0 Å². The largest absolute Gasteiger partial charge is 0.383 e. The standard InChI is InChI=1S/C27H31N3O2S/c1-4-24(21-8-6-5-7-9-21)26(31)29(16-17-32-3)15-14-23-19-33-27-28-25(18-30(23)27)22-12-10-20(2)11-13-22/h5-13,18-19,24H,4,14-17H2,1-3H3. The van der Waals surface area contributed by atoms with Crippen molar-refractivity contribution in [1.29, 1.82) is 0 Å². The number of amides is 1. The summed E-state index contributed by atoms with van der Waals surface area (Å²) >= 11 is 1.64. The van der Waals surface area contributed by atoms with Crippen LogP contribution in [-0.2, 0) is 16.0 Å². The molecule has 172 valence electrons. The molecule has 1 unspecified atom stereocenters. The number of imidazole rings is 1. The number of aryl methyl sites for hydroxylation is 1. The van der Waals surface area contributed by atoms with Gasteiger partial charge < -0.3 is 9.64 Å². The Morgan fingerprint density at radius 1 is 1.12 bits per heavy atom. The molecule has 2 heterocycles. The molecule has 33 heavy (non-hydrogen) atoms. The fraction of sp³-hybridized carbons (Fsp3) is 0.333. The van der Waals surface area contributed by atoms with Crippen molar-refractivity contribution in [2.45, 2.75) is 32.6 Å². The van der Waals surface area contributed by atoms with Crippen molar-refractivity contribution in [2.75, 3.05) is 26.8 Å². The molecule has 1 atom stereocenters. The molecule has 4 rings (SSSR count). The maximum Gasteiger partial charge on any atom is 0.230 e.